The van der Waals surface area contributed by atoms with Crippen LogP contribution in [0.1, 0.15) is 51.4 Å². The standard InChI is InChI=1S/C12H20Cl2/c13-11-9-7-5-3-1-2-4-6-8-10-12(11)14/h5,7,11-12H,1-4,6,8-10H2. The average molecular weight is 235 g/mol. The summed E-state index contributed by atoms with van der Waals surface area (Å²) >= 11 is 12.4. The van der Waals surface area contributed by atoms with Crippen LogP contribution >= 0.6 is 23.2 Å². The lowest BCUT2D eigenvalue weighted by Crippen LogP contribution is -2.14. The quantitative estimate of drug-likeness (QED) is 0.414. The van der Waals surface area contributed by atoms with Gasteiger partial charge in [-0.25, -0.2) is 0 Å². The number of hydrogen-bond acceptors (Lipinski definition) is 0. The Morgan fingerprint density at radius 2 is 1.50 bits per heavy atom. The molecule has 0 aromatic rings. The third-order valence-corrected chi connectivity index (χ3v) is 3.90. The van der Waals surface area contributed by atoms with Crippen LogP contribution in [0, 0.1) is 0 Å². The molecular weight excluding hydrogens is 215 g/mol. The van der Waals surface area contributed by atoms with Crippen molar-refractivity contribution in [3.63, 3.8) is 0 Å². The minimum Gasteiger partial charge on any atom is -0.121 e. The van der Waals surface area contributed by atoms with Crippen molar-refractivity contribution in [1.82, 2.24) is 0 Å². The van der Waals surface area contributed by atoms with Crippen LogP contribution in [0.25, 0.3) is 0 Å². The molecule has 0 N–H and O–H groups in total. The van der Waals surface area contributed by atoms with Gasteiger partial charge in [-0.05, 0) is 25.7 Å². The van der Waals surface area contributed by atoms with E-state index in [2.05, 4.69) is 12.2 Å². The second-order valence-corrected chi connectivity index (χ2v) is 5.21. The number of allylic oxidation sites excluding steroid dienone is 2. The van der Waals surface area contributed by atoms with Gasteiger partial charge < -0.3 is 0 Å². The van der Waals surface area contributed by atoms with Gasteiger partial charge in [0.25, 0.3) is 0 Å². The zero-order valence-electron chi connectivity index (χ0n) is 8.72. The van der Waals surface area contributed by atoms with E-state index >= 15 is 0 Å². The molecule has 0 saturated carbocycles. The molecule has 14 heavy (non-hydrogen) atoms. The number of hydrogen-bond donors (Lipinski definition) is 0. The maximum atomic E-state index is 6.20. The van der Waals surface area contributed by atoms with Crippen molar-refractivity contribution in [3.8, 4) is 0 Å². The Balaban J connectivity index is 2.34. The zero-order valence-corrected chi connectivity index (χ0v) is 10.2. The summed E-state index contributed by atoms with van der Waals surface area (Å²) in [6, 6.07) is 0. The number of alkyl halides is 2. The van der Waals surface area contributed by atoms with Crippen molar-refractivity contribution in [2.75, 3.05) is 0 Å². The molecule has 0 saturated heterocycles. The van der Waals surface area contributed by atoms with Crippen molar-refractivity contribution < 1.29 is 0 Å². The molecule has 0 aromatic heterocycles. The number of halogens is 2. The largest absolute Gasteiger partial charge is 0.121 e. The molecule has 0 heterocycles. The van der Waals surface area contributed by atoms with E-state index in [1.807, 2.05) is 0 Å². The smallest absolute Gasteiger partial charge is 0.0534 e. The molecular formula is C12H20Cl2. The summed E-state index contributed by atoms with van der Waals surface area (Å²) in [6.07, 6.45) is 14.2. The molecule has 0 nitrogen and oxygen atoms in total. The molecule has 0 bridgehead atoms. The van der Waals surface area contributed by atoms with Gasteiger partial charge in [-0.1, -0.05) is 37.8 Å². The predicted octanol–water partition coefficient (Wildman–Crippen LogP) is 4.89. The predicted molar refractivity (Wildman–Crippen MR) is 65.4 cm³/mol. The van der Waals surface area contributed by atoms with Gasteiger partial charge in [0.05, 0.1) is 10.8 Å². The van der Waals surface area contributed by atoms with E-state index in [-0.39, 0.29) is 10.8 Å². The van der Waals surface area contributed by atoms with Crippen LogP contribution in [0.5, 0.6) is 0 Å². The minimum atomic E-state index is 0.118. The first-order valence-corrected chi connectivity index (χ1v) is 6.61. The molecule has 0 aromatic carbocycles. The van der Waals surface area contributed by atoms with Crippen LogP contribution < -0.4 is 0 Å². The van der Waals surface area contributed by atoms with E-state index in [0.29, 0.717) is 0 Å². The van der Waals surface area contributed by atoms with Crippen LogP contribution in [0.15, 0.2) is 12.2 Å². The first-order chi connectivity index (χ1) is 6.80. The molecule has 2 atom stereocenters. The van der Waals surface area contributed by atoms with Crippen LogP contribution in [-0.4, -0.2) is 10.8 Å². The lowest BCUT2D eigenvalue weighted by Gasteiger charge is -2.14. The third kappa shape index (κ3) is 5.26. The van der Waals surface area contributed by atoms with Crippen LogP contribution in [-0.2, 0) is 0 Å². The zero-order chi connectivity index (χ0) is 10.2. The van der Waals surface area contributed by atoms with Gasteiger partial charge >= 0.3 is 0 Å². The molecule has 82 valence electrons. The van der Waals surface area contributed by atoms with Crippen molar-refractivity contribution in [2.24, 2.45) is 0 Å². The first-order valence-electron chi connectivity index (χ1n) is 5.74. The highest BCUT2D eigenvalue weighted by molar-refractivity contribution is 6.30. The second kappa shape index (κ2) is 7.59. The Morgan fingerprint density at radius 3 is 2.36 bits per heavy atom. The maximum absolute atomic E-state index is 6.20. The molecule has 2 unspecified atom stereocenters. The molecule has 0 aliphatic heterocycles. The summed E-state index contributed by atoms with van der Waals surface area (Å²) in [5.74, 6) is 0. The molecule has 0 spiro atoms. The van der Waals surface area contributed by atoms with Gasteiger partial charge in [0, 0.05) is 0 Å². The van der Waals surface area contributed by atoms with Crippen LogP contribution in [0.4, 0.5) is 0 Å². The highest BCUT2D eigenvalue weighted by Crippen LogP contribution is 2.21. The Labute approximate surface area is 97.7 Å². The highest BCUT2D eigenvalue weighted by atomic mass is 35.5. The highest BCUT2D eigenvalue weighted by Gasteiger charge is 2.14. The third-order valence-electron chi connectivity index (χ3n) is 2.77. The summed E-state index contributed by atoms with van der Waals surface area (Å²) in [4.78, 5) is 0. The van der Waals surface area contributed by atoms with E-state index in [0.717, 1.165) is 12.8 Å². The van der Waals surface area contributed by atoms with Gasteiger partial charge in [0.1, 0.15) is 0 Å². The van der Waals surface area contributed by atoms with E-state index < -0.39 is 0 Å². The van der Waals surface area contributed by atoms with Crippen molar-refractivity contribution in [2.45, 2.75) is 62.1 Å². The molecule has 0 fully saturated rings. The molecule has 2 heteroatoms. The summed E-state index contributed by atoms with van der Waals surface area (Å²) in [6.45, 7) is 0. The summed E-state index contributed by atoms with van der Waals surface area (Å²) < 4.78 is 0. The Morgan fingerprint density at radius 1 is 0.786 bits per heavy atom. The SMILES string of the molecule is ClC1CC=CCCCCCCCC1Cl. The van der Waals surface area contributed by atoms with Crippen LogP contribution in [0.2, 0.25) is 0 Å². The second-order valence-electron chi connectivity index (χ2n) is 4.08. The molecule has 1 rings (SSSR count). The lowest BCUT2D eigenvalue weighted by molar-refractivity contribution is 0.573. The van der Waals surface area contributed by atoms with E-state index in [1.165, 1.54) is 38.5 Å². The van der Waals surface area contributed by atoms with Crippen LogP contribution in [0.3, 0.4) is 0 Å². The summed E-state index contributed by atoms with van der Waals surface area (Å²) in [5.41, 5.74) is 0. The monoisotopic (exact) mass is 234 g/mol. The van der Waals surface area contributed by atoms with Crippen molar-refractivity contribution >= 4 is 23.2 Å². The van der Waals surface area contributed by atoms with Gasteiger partial charge in [-0.2, -0.15) is 0 Å². The van der Waals surface area contributed by atoms with Gasteiger partial charge in [0.2, 0.25) is 0 Å². The van der Waals surface area contributed by atoms with E-state index in [1.54, 1.807) is 0 Å². The average Bonchev–Trinajstić information content (AvgIpc) is 2.18. The van der Waals surface area contributed by atoms with Gasteiger partial charge in [-0.3, -0.25) is 0 Å². The van der Waals surface area contributed by atoms with Crippen molar-refractivity contribution in [1.29, 1.82) is 0 Å². The van der Waals surface area contributed by atoms with E-state index in [4.69, 9.17) is 23.2 Å². The summed E-state index contributed by atoms with van der Waals surface area (Å²) in [7, 11) is 0. The first kappa shape index (κ1) is 12.4. The topological polar surface area (TPSA) is 0 Å². The fourth-order valence-corrected chi connectivity index (χ4v) is 2.29. The molecule has 1 aliphatic rings. The molecule has 0 radical (unpaired) electrons. The fraction of sp³-hybridized carbons (Fsp3) is 0.833. The maximum Gasteiger partial charge on any atom is 0.0534 e. The summed E-state index contributed by atoms with van der Waals surface area (Å²) in [5, 5.41) is 0.271. The lowest BCUT2D eigenvalue weighted by atomic mass is 10.0. The molecule has 0 amide bonds. The van der Waals surface area contributed by atoms with E-state index in [9.17, 15) is 0 Å². The normalized spacial score (nSPS) is 31.9. The van der Waals surface area contributed by atoms with Gasteiger partial charge in [0.15, 0.2) is 0 Å². The minimum absolute atomic E-state index is 0.118. The Hall–Kier alpha value is 0.320. The van der Waals surface area contributed by atoms with Crippen molar-refractivity contribution in [3.05, 3.63) is 12.2 Å². The molecule has 1 aliphatic carbocycles. The fourth-order valence-electron chi connectivity index (χ4n) is 1.80. The number of rotatable bonds is 0. The Kier molecular flexibility index (Phi) is 6.72. The Bertz CT molecular complexity index is 166. The van der Waals surface area contributed by atoms with Gasteiger partial charge in [-0.15, -0.1) is 23.2 Å².